The molecule has 1 aromatic rings. The molecular formula is C10H16OP2. The van der Waals surface area contributed by atoms with Crippen LogP contribution in [-0.2, 0) is 4.74 Å². The molecule has 0 amide bonds. The number of methoxy groups -OCH3 is 1. The van der Waals surface area contributed by atoms with E-state index in [9.17, 15) is 0 Å². The van der Waals surface area contributed by atoms with E-state index in [-0.39, 0.29) is 7.61 Å². The fraction of sp³-hybridized carbons (Fsp3) is 0.300. The molecule has 0 N–H and O–H groups in total. The van der Waals surface area contributed by atoms with Gasteiger partial charge < -0.3 is 4.74 Å². The highest BCUT2D eigenvalue weighted by Gasteiger charge is 2.09. The Morgan fingerprint density at radius 2 is 2.00 bits per heavy atom. The first-order valence-corrected chi connectivity index (χ1v) is 8.80. The van der Waals surface area contributed by atoms with Crippen molar-refractivity contribution in [2.75, 3.05) is 20.1 Å². The first-order valence-electron chi connectivity index (χ1n) is 4.22. The lowest BCUT2D eigenvalue weighted by Gasteiger charge is -2.17. The van der Waals surface area contributed by atoms with Gasteiger partial charge in [0.25, 0.3) is 0 Å². The van der Waals surface area contributed by atoms with Crippen molar-refractivity contribution in [2.45, 2.75) is 0 Å². The Balaban J connectivity index is 2.82. The van der Waals surface area contributed by atoms with Gasteiger partial charge in [0.15, 0.2) is 0 Å². The molecule has 2 unspecified atom stereocenters. The number of hydrogen-bond acceptors (Lipinski definition) is 1. The molecule has 0 aliphatic heterocycles. The van der Waals surface area contributed by atoms with Crippen LogP contribution in [0.2, 0.25) is 0 Å². The number of ether oxygens (including phenoxy) is 1. The summed E-state index contributed by atoms with van der Waals surface area (Å²) in [4.78, 5) is 0. The van der Waals surface area contributed by atoms with Crippen LogP contribution < -0.4 is 5.30 Å². The second-order valence-corrected chi connectivity index (χ2v) is 9.93. The van der Waals surface area contributed by atoms with Crippen LogP contribution in [0.4, 0.5) is 0 Å². The van der Waals surface area contributed by atoms with Crippen molar-refractivity contribution in [1.82, 2.24) is 0 Å². The van der Waals surface area contributed by atoms with Crippen LogP contribution in [0, 0.1) is 0 Å². The molecule has 1 rings (SSSR count). The molecule has 0 aliphatic rings. The lowest BCUT2D eigenvalue weighted by molar-refractivity contribution is 0.257. The van der Waals surface area contributed by atoms with Gasteiger partial charge in [-0.2, -0.15) is 0 Å². The highest BCUT2D eigenvalue weighted by molar-refractivity contribution is 8.31. The van der Waals surface area contributed by atoms with Gasteiger partial charge in [0.1, 0.15) is 0 Å². The molecule has 3 heteroatoms. The molecular weight excluding hydrogens is 198 g/mol. The summed E-state index contributed by atoms with van der Waals surface area (Å²) < 4.78 is 5.23. The van der Waals surface area contributed by atoms with Crippen molar-refractivity contribution < 1.29 is 4.74 Å². The lowest BCUT2D eigenvalue weighted by atomic mass is 10.4. The maximum absolute atomic E-state index is 5.23. The Morgan fingerprint density at radius 1 is 1.38 bits per heavy atom. The van der Waals surface area contributed by atoms with Crippen molar-refractivity contribution in [3.05, 3.63) is 30.3 Å². The average Bonchev–Trinajstić information content (AvgIpc) is 2.15. The molecule has 0 saturated heterocycles. The van der Waals surface area contributed by atoms with E-state index in [0.717, 1.165) is 6.35 Å². The third-order valence-corrected chi connectivity index (χ3v) is 8.07. The Labute approximate surface area is 82.2 Å². The molecule has 0 saturated carbocycles. The smallest absolute Gasteiger partial charge is 0.0734 e. The molecule has 0 bridgehead atoms. The first-order chi connectivity index (χ1) is 6.25. The fourth-order valence-electron chi connectivity index (χ4n) is 1.14. The van der Waals surface area contributed by atoms with E-state index in [2.05, 4.69) is 43.3 Å². The molecule has 2 atom stereocenters. The van der Waals surface area contributed by atoms with E-state index in [1.165, 1.54) is 5.30 Å². The summed E-state index contributed by atoms with van der Waals surface area (Å²) in [5.41, 5.74) is 0. The summed E-state index contributed by atoms with van der Waals surface area (Å²) in [5.74, 6) is 0. The molecule has 0 radical (unpaired) electrons. The summed E-state index contributed by atoms with van der Waals surface area (Å²) >= 11 is 0. The van der Waals surface area contributed by atoms with Gasteiger partial charge in [-0.05, 0) is 19.6 Å². The van der Waals surface area contributed by atoms with Gasteiger partial charge in [-0.1, -0.05) is 43.9 Å². The Morgan fingerprint density at radius 3 is 2.46 bits per heavy atom. The molecule has 0 aromatic heterocycles. The molecule has 72 valence electrons. The SMILES string of the molecule is C=[PH](C)P(COC)c1ccccc1. The van der Waals surface area contributed by atoms with Gasteiger partial charge in [0.05, 0.1) is 6.35 Å². The predicted octanol–water partition coefficient (Wildman–Crippen LogP) is 2.59. The minimum Gasteiger partial charge on any atom is -0.380 e. The Bertz CT molecular complexity index is 272. The zero-order valence-electron chi connectivity index (χ0n) is 8.16. The second-order valence-electron chi connectivity index (χ2n) is 2.92. The van der Waals surface area contributed by atoms with Crippen LogP contribution >= 0.6 is 14.8 Å². The van der Waals surface area contributed by atoms with Gasteiger partial charge in [-0.15, -0.1) is 0 Å². The van der Waals surface area contributed by atoms with Crippen LogP contribution in [0.1, 0.15) is 0 Å². The van der Waals surface area contributed by atoms with Crippen molar-refractivity contribution in [3.8, 4) is 0 Å². The van der Waals surface area contributed by atoms with Crippen LogP contribution in [0.25, 0.3) is 0 Å². The summed E-state index contributed by atoms with van der Waals surface area (Å²) in [6, 6.07) is 10.6. The summed E-state index contributed by atoms with van der Waals surface area (Å²) in [5, 5.41) is 1.42. The second kappa shape index (κ2) is 5.60. The van der Waals surface area contributed by atoms with Crippen LogP contribution in [-0.4, -0.2) is 26.4 Å². The predicted molar refractivity (Wildman–Crippen MR) is 66.2 cm³/mol. The molecule has 13 heavy (non-hydrogen) atoms. The minimum absolute atomic E-state index is 0.146. The van der Waals surface area contributed by atoms with Gasteiger partial charge in [0.2, 0.25) is 0 Å². The Hall–Kier alpha value is -0.0900. The zero-order valence-corrected chi connectivity index (χ0v) is 10.1. The topological polar surface area (TPSA) is 9.23 Å². The zero-order chi connectivity index (χ0) is 9.68. The standard InChI is InChI=1S/C10H16OP2/c1-11-9-13(12(2)3)10-7-5-4-6-8-10/h4-8,12H,2,9H2,1,3H3. The maximum Gasteiger partial charge on any atom is 0.0734 e. The van der Waals surface area contributed by atoms with Crippen molar-refractivity contribution in [3.63, 3.8) is 0 Å². The van der Waals surface area contributed by atoms with E-state index in [1.54, 1.807) is 7.11 Å². The fourth-order valence-corrected chi connectivity index (χ4v) is 5.56. The minimum atomic E-state index is -0.498. The quantitative estimate of drug-likeness (QED) is 0.700. The highest BCUT2D eigenvalue weighted by Crippen LogP contribution is 2.56. The molecule has 0 fully saturated rings. The van der Waals surface area contributed by atoms with Gasteiger partial charge in [-0.25, -0.2) is 0 Å². The van der Waals surface area contributed by atoms with Gasteiger partial charge in [-0.3, -0.25) is 0 Å². The first kappa shape index (κ1) is 11.0. The van der Waals surface area contributed by atoms with Crippen LogP contribution in [0.3, 0.4) is 0 Å². The van der Waals surface area contributed by atoms with E-state index in [4.69, 9.17) is 4.74 Å². The largest absolute Gasteiger partial charge is 0.380 e. The van der Waals surface area contributed by atoms with Crippen molar-refractivity contribution in [2.24, 2.45) is 0 Å². The van der Waals surface area contributed by atoms with Crippen LogP contribution in [0.15, 0.2) is 30.3 Å². The highest BCUT2D eigenvalue weighted by atomic mass is 32.1. The van der Waals surface area contributed by atoms with Crippen molar-refractivity contribution in [1.29, 1.82) is 0 Å². The van der Waals surface area contributed by atoms with Gasteiger partial charge in [0, 0.05) is 7.11 Å². The third kappa shape index (κ3) is 3.27. The Kier molecular flexibility index (Phi) is 4.73. The maximum atomic E-state index is 5.23. The molecule has 0 spiro atoms. The third-order valence-electron chi connectivity index (χ3n) is 1.79. The van der Waals surface area contributed by atoms with E-state index >= 15 is 0 Å². The van der Waals surface area contributed by atoms with E-state index in [0.29, 0.717) is 0 Å². The molecule has 1 nitrogen and oxygen atoms in total. The van der Waals surface area contributed by atoms with Gasteiger partial charge >= 0.3 is 0 Å². The summed E-state index contributed by atoms with van der Waals surface area (Å²) in [7, 11) is 1.12. The van der Waals surface area contributed by atoms with Crippen molar-refractivity contribution >= 4 is 26.4 Å². The number of hydrogen-bond donors (Lipinski definition) is 0. The normalized spacial score (nSPS) is 15.2. The molecule has 0 aliphatic carbocycles. The molecule has 1 aromatic carbocycles. The average molecular weight is 214 g/mol. The number of rotatable bonds is 4. The summed E-state index contributed by atoms with van der Waals surface area (Å²) in [6.07, 6.45) is 5.04. The number of benzene rings is 1. The monoisotopic (exact) mass is 214 g/mol. The lowest BCUT2D eigenvalue weighted by Crippen LogP contribution is -2.00. The summed E-state index contributed by atoms with van der Waals surface area (Å²) in [6.45, 7) is 2.25. The molecule has 0 heterocycles. The van der Waals surface area contributed by atoms with E-state index in [1.807, 2.05) is 0 Å². The van der Waals surface area contributed by atoms with E-state index < -0.39 is 7.23 Å². The van der Waals surface area contributed by atoms with Crippen LogP contribution in [0.5, 0.6) is 0 Å².